The van der Waals surface area contributed by atoms with Crippen LogP contribution in [0.4, 0.5) is 0 Å². The topological polar surface area (TPSA) is 0 Å². The van der Waals surface area contributed by atoms with Gasteiger partial charge >= 0.3 is 0 Å². The van der Waals surface area contributed by atoms with Gasteiger partial charge in [0.15, 0.2) is 0 Å². The summed E-state index contributed by atoms with van der Waals surface area (Å²) < 4.78 is 0. The molecule has 2 unspecified atom stereocenters. The van der Waals surface area contributed by atoms with Gasteiger partial charge in [0.2, 0.25) is 0 Å². The Morgan fingerprint density at radius 3 is 2.20 bits per heavy atom. The van der Waals surface area contributed by atoms with Crippen molar-refractivity contribution in [2.75, 3.05) is 0 Å². The lowest BCUT2D eigenvalue weighted by molar-refractivity contribution is 0.619. The van der Waals surface area contributed by atoms with Crippen molar-refractivity contribution in [1.29, 1.82) is 0 Å². The summed E-state index contributed by atoms with van der Waals surface area (Å²) >= 11 is 0. The third-order valence-corrected chi connectivity index (χ3v) is 10.2. The van der Waals surface area contributed by atoms with Crippen LogP contribution >= 0.6 is 0 Å². The van der Waals surface area contributed by atoms with E-state index in [0.717, 1.165) is 50.5 Å². The van der Waals surface area contributed by atoms with E-state index >= 15 is 0 Å². The molecule has 2 aliphatic rings. The number of rotatable bonds is 12. The molecule has 0 spiro atoms. The second-order valence-corrected chi connectivity index (χ2v) is 14.1. The molecule has 0 amide bonds. The minimum absolute atomic E-state index is 0.265. The average molecular weight is 607 g/mol. The number of benzene rings is 3. The van der Waals surface area contributed by atoms with E-state index in [1.165, 1.54) is 72.4 Å². The normalized spacial score (nSPS) is 18.7. The molecular weight excluding hydrogens is 553 g/mol. The molecule has 0 heteroatoms. The van der Waals surface area contributed by atoms with Crippen molar-refractivity contribution in [2.24, 2.45) is 5.92 Å². The minimum atomic E-state index is 0.265. The molecule has 3 aromatic carbocycles. The van der Waals surface area contributed by atoms with Gasteiger partial charge in [-0.3, -0.25) is 0 Å². The van der Waals surface area contributed by atoms with Gasteiger partial charge in [-0.1, -0.05) is 156 Å². The molecule has 0 heterocycles. The van der Waals surface area contributed by atoms with Crippen molar-refractivity contribution in [1.82, 2.24) is 0 Å². The number of hydrogen-bond donors (Lipinski definition) is 0. The first-order valence-electron chi connectivity index (χ1n) is 17.6. The zero-order chi connectivity index (χ0) is 33.0. The lowest BCUT2D eigenvalue weighted by atomic mass is 9.69. The second-order valence-electron chi connectivity index (χ2n) is 14.1. The van der Waals surface area contributed by atoms with Gasteiger partial charge in [0, 0.05) is 11.8 Å². The molecule has 0 aromatic heterocycles. The lowest BCUT2D eigenvalue weighted by Crippen LogP contribution is -2.21. The summed E-state index contributed by atoms with van der Waals surface area (Å²) in [6.45, 7) is 26.9. The van der Waals surface area contributed by atoms with E-state index in [1.807, 2.05) is 0 Å². The fourth-order valence-corrected chi connectivity index (χ4v) is 7.63. The Hall–Kier alpha value is -3.90. The molecule has 0 nitrogen and oxygen atoms in total. The molecular formula is C46H54. The van der Waals surface area contributed by atoms with E-state index in [2.05, 4.69) is 134 Å². The predicted molar refractivity (Wildman–Crippen MR) is 202 cm³/mol. The molecule has 238 valence electrons. The number of hydrogen-bond acceptors (Lipinski definition) is 0. The van der Waals surface area contributed by atoms with E-state index in [4.69, 9.17) is 6.58 Å². The fraction of sp³-hybridized carbons (Fsp3) is 0.348. The monoisotopic (exact) mass is 606 g/mol. The van der Waals surface area contributed by atoms with E-state index < -0.39 is 0 Å². The highest BCUT2D eigenvalue weighted by atomic mass is 14.4. The molecule has 0 radical (unpaired) electrons. The molecule has 2 aliphatic carbocycles. The largest absolute Gasteiger partial charge is 0.0955 e. The molecule has 0 saturated heterocycles. The zero-order valence-corrected chi connectivity index (χ0v) is 29.3. The predicted octanol–water partition coefficient (Wildman–Crippen LogP) is 12.9. The summed E-state index contributed by atoms with van der Waals surface area (Å²) in [5.41, 5.74) is 19.0. The average Bonchev–Trinajstić information content (AvgIpc) is 3.34. The number of allylic oxidation sites excluding steroid dienone is 8. The first-order valence-corrected chi connectivity index (χ1v) is 17.6. The van der Waals surface area contributed by atoms with Gasteiger partial charge in [-0.25, -0.2) is 0 Å². The molecule has 2 atom stereocenters. The van der Waals surface area contributed by atoms with Gasteiger partial charge in [-0.15, -0.1) is 0 Å². The van der Waals surface area contributed by atoms with Crippen LogP contribution in [0, 0.1) is 5.92 Å². The van der Waals surface area contributed by atoms with Gasteiger partial charge in [0.25, 0.3) is 0 Å². The van der Waals surface area contributed by atoms with Gasteiger partial charge in [-0.2, -0.15) is 0 Å². The summed E-state index contributed by atoms with van der Waals surface area (Å²) in [4.78, 5) is 0. The highest BCUT2D eigenvalue weighted by molar-refractivity contribution is 5.68. The molecule has 5 rings (SSSR count). The van der Waals surface area contributed by atoms with Gasteiger partial charge in [0.05, 0.1) is 0 Å². The second kappa shape index (κ2) is 14.7. The summed E-state index contributed by atoms with van der Waals surface area (Å²) in [5.74, 6) is 1.08. The maximum absolute atomic E-state index is 4.79. The smallest absolute Gasteiger partial charge is 0.0201 e. The Morgan fingerprint density at radius 2 is 1.57 bits per heavy atom. The van der Waals surface area contributed by atoms with Gasteiger partial charge in [0.1, 0.15) is 0 Å². The molecule has 1 saturated carbocycles. The minimum Gasteiger partial charge on any atom is -0.0955 e. The zero-order valence-electron chi connectivity index (χ0n) is 29.3. The molecule has 46 heavy (non-hydrogen) atoms. The summed E-state index contributed by atoms with van der Waals surface area (Å²) in [5, 5.41) is 0. The van der Waals surface area contributed by atoms with Crippen LogP contribution in [0.2, 0.25) is 0 Å². The highest BCUT2D eigenvalue weighted by Gasteiger charge is 2.40. The molecule has 0 bridgehead atoms. The Morgan fingerprint density at radius 1 is 0.848 bits per heavy atom. The van der Waals surface area contributed by atoms with Crippen LogP contribution < -0.4 is 0 Å². The van der Waals surface area contributed by atoms with Crippen LogP contribution in [0.25, 0.3) is 11.6 Å². The van der Waals surface area contributed by atoms with E-state index in [-0.39, 0.29) is 11.8 Å². The van der Waals surface area contributed by atoms with Crippen LogP contribution in [-0.4, -0.2) is 0 Å². The van der Waals surface area contributed by atoms with Crippen molar-refractivity contribution >= 4 is 11.6 Å². The quantitative estimate of drug-likeness (QED) is 0.192. The number of fused-ring (bicyclic) bond motifs is 1. The summed E-state index contributed by atoms with van der Waals surface area (Å²) in [7, 11) is 0. The van der Waals surface area contributed by atoms with Crippen molar-refractivity contribution in [3.8, 4) is 0 Å². The highest BCUT2D eigenvalue weighted by Crippen LogP contribution is 2.55. The van der Waals surface area contributed by atoms with Crippen molar-refractivity contribution in [3.63, 3.8) is 0 Å². The molecule has 3 aromatic rings. The van der Waals surface area contributed by atoms with Crippen LogP contribution in [0.15, 0.2) is 126 Å². The first kappa shape index (κ1) is 33.5. The van der Waals surface area contributed by atoms with E-state index in [0.29, 0.717) is 5.92 Å². The third-order valence-electron chi connectivity index (χ3n) is 10.2. The maximum Gasteiger partial charge on any atom is 0.0201 e. The van der Waals surface area contributed by atoms with E-state index in [9.17, 15) is 0 Å². The molecule has 0 N–H and O–H groups in total. The fourth-order valence-electron chi connectivity index (χ4n) is 7.63. The van der Waals surface area contributed by atoms with Crippen molar-refractivity contribution in [3.05, 3.63) is 165 Å². The molecule has 0 aliphatic heterocycles. The van der Waals surface area contributed by atoms with Crippen LogP contribution in [-0.2, 0) is 19.3 Å². The third kappa shape index (κ3) is 7.23. The van der Waals surface area contributed by atoms with Crippen molar-refractivity contribution < 1.29 is 0 Å². The van der Waals surface area contributed by atoms with Crippen LogP contribution in [0.3, 0.4) is 0 Å². The number of aryl methyl sites for hydroxylation is 3. The van der Waals surface area contributed by atoms with Crippen LogP contribution in [0.1, 0.15) is 118 Å². The first-order chi connectivity index (χ1) is 22.1. The summed E-state index contributed by atoms with van der Waals surface area (Å²) in [6.07, 6.45) is 12.4. The Bertz CT molecular complexity index is 1690. The molecule has 1 fully saturated rings. The van der Waals surface area contributed by atoms with Gasteiger partial charge in [-0.05, 0) is 113 Å². The standard InChI is InChI=1S/C46H54/c1-10-12-32(7)44-33(8)26-43-29-42(34(9)45(43)46(44)40-24-22-38(23-25-40)31(5)6)28-36-17-21-39(41(27-36)13-11-2)20-16-35-14-18-37(19-15-35)30(3)4/h14-15,17-19,21-28,31,45-46H,3,7,9-13,16,20,29H2,1-2,4-6,8H3/b42-28+. The van der Waals surface area contributed by atoms with Gasteiger partial charge < -0.3 is 0 Å². The lowest BCUT2D eigenvalue weighted by Gasteiger charge is -2.34. The Balaban J connectivity index is 1.43. The SMILES string of the molecule is C=C(CCC)C1=C(C)C=C2C/C(=C\c3ccc(CCc4ccc(C(=C)C)cc4)c(CCC)c3)C(=C)C2C1c1ccc(C(C)C)cc1. The van der Waals surface area contributed by atoms with Crippen molar-refractivity contribution in [2.45, 2.75) is 98.3 Å². The Kier molecular flexibility index (Phi) is 10.7. The Labute approximate surface area is 280 Å². The maximum atomic E-state index is 4.79. The summed E-state index contributed by atoms with van der Waals surface area (Å²) in [6, 6.07) is 25.5. The van der Waals surface area contributed by atoms with E-state index in [1.54, 1.807) is 0 Å². The van der Waals surface area contributed by atoms with Crippen LogP contribution in [0.5, 0.6) is 0 Å².